The molecular weight excluding hydrogens is 450 g/mol. The van der Waals surface area contributed by atoms with Crippen molar-refractivity contribution in [2.24, 2.45) is 0 Å². The van der Waals surface area contributed by atoms with E-state index in [0.717, 1.165) is 28.7 Å². The number of amides is 1. The molecule has 0 bridgehead atoms. The van der Waals surface area contributed by atoms with Gasteiger partial charge < -0.3 is 14.4 Å². The zero-order chi connectivity index (χ0) is 24.6. The second-order valence-corrected chi connectivity index (χ2v) is 8.32. The smallest absolute Gasteiger partial charge is 0.246 e. The molecule has 1 fully saturated rings. The molecule has 1 saturated heterocycles. The third-order valence-corrected chi connectivity index (χ3v) is 5.97. The van der Waals surface area contributed by atoms with Crippen molar-refractivity contribution in [3.63, 3.8) is 0 Å². The highest BCUT2D eigenvalue weighted by atomic mass is 19.2. The van der Waals surface area contributed by atoms with Gasteiger partial charge in [-0.05, 0) is 42.0 Å². The number of hydrogen-bond acceptors (Lipinski definition) is 4. The van der Waals surface area contributed by atoms with Crippen LogP contribution in [-0.4, -0.2) is 49.0 Å². The lowest BCUT2D eigenvalue weighted by Gasteiger charge is -2.34. The van der Waals surface area contributed by atoms with Crippen LogP contribution in [0.5, 0.6) is 11.5 Å². The van der Waals surface area contributed by atoms with E-state index in [1.165, 1.54) is 6.07 Å². The molecule has 0 aromatic heterocycles. The molecule has 1 amide bonds. The number of methoxy groups -OCH3 is 1. The summed E-state index contributed by atoms with van der Waals surface area (Å²) in [7, 11) is 1.61. The fourth-order valence-corrected chi connectivity index (χ4v) is 4.00. The average Bonchev–Trinajstić information content (AvgIpc) is 2.89. The first-order valence-corrected chi connectivity index (χ1v) is 11.5. The Hall–Kier alpha value is -3.71. The number of halogens is 2. The van der Waals surface area contributed by atoms with Crippen molar-refractivity contribution in [1.82, 2.24) is 9.80 Å². The highest BCUT2D eigenvalue weighted by Gasteiger charge is 2.21. The summed E-state index contributed by atoms with van der Waals surface area (Å²) in [6.45, 7) is 2.91. The van der Waals surface area contributed by atoms with E-state index in [-0.39, 0.29) is 5.91 Å². The number of para-hydroxylation sites is 1. The predicted octanol–water partition coefficient (Wildman–Crippen LogP) is 4.91. The van der Waals surface area contributed by atoms with Gasteiger partial charge in [0.25, 0.3) is 0 Å². The number of benzene rings is 3. The van der Waals surface area contributed by atoms with Gasteiger partial charge >= 0.3 is 0 Å². The number of carbonyl (C=O) groups excluding carboxylic acids is 1. The van der Waals surface area contributed by atoms with Crippen LogP contribution in [0.3, 0.4) is 0 Å². The van der Waals surface area contributed by atoms with Crippen LogP contribution in [0.2, 0.25) is 0 Å². The molecule has 7 heteroatoms. The Morgan fingerprint density at radius 1 is 0.943 bits per heavy atom. The van der Waals surface area contributed by atoms with Crippen LogP contribution in [0.15, 0.2) is 72.8 Å². The second-order valence-electron chi connectivity index (χ2n) is 8.32. The van der Waals surface area contributed by atoms with Crippen molar-refractivity contribution in [2.75, 3.05) is 33.3 Å². The number of nitrogens with zero attached hydrogens (tertiary/aromatic N) is 2. The summed E-state index contributed by atoms with van der Waals surface area (Å²) in [5, 5.41) is 0. The van der Waals surface area contributed by atoms with E-state index in [9.17, 15) is 13.6 Å². The van der Waals surface area contributed by atoms with Crippen LogP contribution in [0.4, 0.5) is 8.78 Å². The van der Waals surface area contributed by atoms with Crippen LogP contribution in [0.25, 0.3) is 6.08 Å². The van der Waals surface area contributed by atoms with Crippen molar-refractivity contribution < 1.29 is 23.0 Å². The second kappa shape index (κ2) is 11.6. The number of carbonyl (C=O) groups is 1. The molecule has 182 valence electrons. The molecule has 4 rings (SSSR count). The van der Waals surface area contributed by atoms with Gasteiger partial charge in [-0.25, -0.2) is 8.78 Å². The standard InChI is InChI=1S/C28H28F2N2O3/c1-34-26-12-10-21(18-23(26)20-35-24-7-3-2-4-8-24)11-13-27(33)32-16-14-31(15-17-32)19-22-6-5-9-25(29)28(22)30/h2-13,18H,14-17,19-20H2,1H3/b13-11+. The van der Waals surface area contributed by atoms with Gasteiger partial charge in [-0.3, -0.25) is 9.69 Å². The highest BCUT2D eigenvalue weighted by Crippen LogP contribution is 2.23. The van der Waals surface area contributed by atoms with Gasteiger partial charge in [0.1, 0.15) is 18.1 Å². The van der Waals surface area contributed by atoms with E-state index in [2.05, 4.69) is 0 Å². The van der Waals surface area contributed by atoms with Gasteiger partial charge in [0.2, 0.25) is 5.91 Å². The lowest BCUT2D eigenvalue weighted by atomic mass is 10.1. The van der Waals surface area contributed by atoms with Crippen LogP contribution < -0.4 is 9.47 Å². The molecule has 0 atom stereocenters. The zero-order valence-electron chi connectivity index (χ0n) is 19.6. The van der Waals surface area contributed by atoms with Gasteiger partial charge in [0.15, 0.2) is 11.6 Å². The SMILES string of the molecule is COc1ccc(/C=C/C(=O)N2CCN(Cc3cccc(F)c3F)CC2)cc1COc1ccccc1. The topological polar surface area (TPSA) is 42.0 Å². The van der Waals surface area contributed by atoms with Crippen molar-refractivity contribution in [3.05, 3.63) is 101 Å². The van der Waals surface area contributed by atoms with Gasteiger partial charge in [-0.2, -0.15) is 0 Å². The Bertz CT molecular complexity index is 1180. The molecule has 1 heterocycles. The lowest BCUT2D eigenvalue weighted by Crippen LogP contribution is -2.47. The van der Waals surface area contributed by atoms with Crippen LogP contribution in [0, 0.1) is 11.6 Å². The van der Waals surface area contributed by atoms with Gasteiger partial charge in [0.05, 0.1) is 7.11 Å². The Morgan fingerprint density at radius 3 is 2.46 bits per heavy atom. The normalized spacial score (nSPS) is 14.3. The fraction of sp³-hybridized carbons (Fsp3) is 0.250. The van der Waals surface area contributed by atoms with E-state index in [1.807, 2.05) is 53.4 Å². The summed E-state index contributed by atoms with van der Waals surface area (Å²) in [6, 6.07) is 19.4. The van der Waals surface area contributed by atoms with Crippen molar-refractivity contribution in [2.45, 2.75) is 13.2 Å². The molecule has 35 heavy (non-hydrogen) atoms. The third-order valence-electron chi connectivity index (χ3n) is 5.97. The minimum Gasteiger partial charge on any atom is -0.496 e. The van der Waals surface area contributed by atoms with Crippen molar-refractivity contribution in [3.8, 4) is 11.5 Å². The number of rotatable bonds is 8. The monoisotopic (exact) mass is 478 g/mol. The maximum Gasteiger partial charge on any atom is 0.246 e. The third kappa shape index (κ3) is 6.45. The summed E-state index contributed by atoms with van der Waals surface area (Å²) in [4.78, 5) is 16.5. The number of hydrogen-bond donors (Lipinski definition) is 0. The minimum absolute atomic E-state index is 0.0838. The van der Waals surface area contributed by atoms with Crippen molar-refractivity contribution in [1.29, 1.82) is 0 Å². The summed E-state index contributed by atoms with van der Waals surface area (Å²) in [5.74, 6) is -0.239. The Labute approximate surface area is 204 Å². The molecule has 0 aliphatic carbocycles. The van der Waals surface area contributed by atoms with Gasteiger partial charge in [-0.15, -0.1) is 0 Å². The number of piperazine rings is 1. The average molecular weight is 479 g/mol. The first-order valence-electron chi connectivity index (χ1n) is 11.5. The van der Waals surface area contributed by atoms with Gasteiger partial charge in [-0.1, -0.05) is 36.4 Å². The van der Waals surface area contributed by atoms with Crippen LogP contribution in [-0.2, 0) is 17.9 Å². The van der Waals surface area contributed by atoms with Crippen molar-refractivity contribution >= 4 is 12.0 Å². The number of ether oxygens (including phenoxy) is 2. The Balaban J connectivity index is 1.32. The summed E-state index contributed by atoms with van der Waals surface area (Å²) < 4.78 is 38.7. The van der Waals surface area contributed by atoms with E-state index in [0.29, 0.717) is 44.9 Å². The Morgan fingerprint density at radius 2 is 1.71 bits per heavy atom. The van der Waals surface area contributed by atoms with Crippen LogP contribution >= 0.6 is 0 Å². The predicted molar refractivity (Wildman–Crippen MR) is 131 cm³/mol. The molecule has 0 N–H and O–H groups in total. The lowest BCUT2D eigenvalue weighted by molar-refractivity contribution is -0.127. The van der Waals surface area contributed by atoms with E-state index < -0.39 is 11.6 Å². The quantitative estimate of drug-likeness (QED) is 0.432. The molecule has 0 radical (unpaired) electrons. The maximum absolute atomic E-state index is 13.9. The van der Waals surface area contributed by atoms with E-state index in [4.69, 9.17) is 9.47 Å². The molecule has 3 aromatic carbocycles. The van der Waals surface area contributed by atoms with Crippen LogP contribution in [0.1, 0.15) is 16.7 Å². The molecular formula is C28H28F2N2O3. The summed E-state index contributed by atoms with van der Waals surface area (Å²) in [6.07, 6.45) is 3.34. The molecule has 0 spiro atoms. The molecule has 5 nitrogen and oxygen atoms in total. The summed E-state index contributed by atoms with van der Waals surface area (Å²) in [5.41, 5.74) is 2.08. The zero-order valence-corrected chi connectivity index (χ0v) is 19.6. The fourth-order valence-electron chi connectivity index (χ4n) is 4.00. The molecule has 0 saturated carbocycles. The highest BCUT2D eigenvalue weighted by molar-refractivity contribution is 5.91. The molecule has 1 aliphatic heterocycles. The maximum atomic E-state index is 13.9. The molecule has 0 unspecified atom stereocenters. The Kier molecular flexibility index (Phi) is 8.11. The molecule has 3 aromatic rings. The van der Waals surface area contributed by atoms with E-state index >= 15 is 0 Å². The van der Waals surface area contributed by atoms with Gasteiger partial charge in [0, 0.05) is 49.9 Å². The largest absolute Gasteiger partial charge is 0.496 e. The first-order chi connectivity index (χ1) is 17.0. The molecule has 1 aliphatic rings. The summed E-state index contributed by atoms with van der Waals surface area (Å²) >= 11 is 0. The minimum atomic E-state index is -0.838. The van der Waals surface area contributed by atoms with E-state index in [1.54, 1.807) is 30.2 Å². The first kappa shape index (κ1) is 24.4.